The number of nitrogens with zero attached hydrogens (tertiary/aromatic N) is 1. The molecule has 3 amide bonds. The van der Waals surface area contributed by atoms with Crippen LogP contribution < -0.4 is 5.32 Å². The number of imide groups is 1. The number of hydrogen-bond acceptors (Lipinski definition) is 3. The molecule has 0 heterocycles. The zero-order valence-electron chi connectivity index (χ0n) is 6.43. The van der Waals surface area contributed by atoms with Crippen LogP contribution in [0.5, 0.6) is 0 Å². The largest absolute Gasteiger partial charge is 0.465 e. The van der Waals surface area contributed by atoms with Gasteiger partial charge in [0, 0.05) is 6.54 Å². The smallest absolute Gasteiger partial charge is 0.416 e. The highest BCUT2D eigenvalue weighted by atomic mass is 16.4. The van der Waals surface area contributed by atoms with Crippen LogP contribution >= 0.6 is 0 Å². The van der Waals surface area contributed by atoms with E-state index in [4.69, 9.17) is 15.3 Å². The molecular weight excluding hydrogens is 184 g/mol. The van der Waals surface area contributed by atoms with Crippen molar-refractivity contribution in [3.63, 3.8) is 0 Å². The summed E-state index contributed by atoms with van der Waals surface area (Å²) in [6.07, 6.45) is -4.62. The van der Waals surface area contributed by atoms with Crippen molar-refractivity contribution in [1.82, 2.24) is 10.2 Å². The van der Waals surface area contributed by atoms with Gasteiger partial charge in [-0.2, -0.15) is 0 Å². The number of amides is 3. The van der Waals surface area contributed by atoms with E-state index in [0.717, 1.165) is 0 Å². The van der Waals surface area contributed by atoms with E-state index in [0.29, 0.717) is 0 Å². The molecule has 0 saturated carbocycles. The van der Waals surface area contributed by atoms with Gasteiger partial charge in [0.1, 0.15) is 0 Å². The minimum Gasteiger partial charge on any atom is -0.465 e. The molecule has 0 aromatic carbocycles. The van der Waals surface area contributed by atoms with Crippen molar-refractivity contribution in [2.45, 2.75) is 0 Å². The average molecular weight is 192 g/mol. The second-order valence-electron chi connectivity index (χ2n) is 1.95. The van der Waals surface area contributed by atoms with E-state index in [2.05, 4.69) is 0 Å². The predicted octanol–water partition coefficient (Wildman–Crippen LogP) is -0.0880. The summed E-state index contributed by atoms with van der Waals surface area (Å²) < 4.78 is 0. The SMILES string of the molecule is O=C(O)NCCN(C(=O)O)C(=O)O. The molecule has 0 radical (unpaired) electrons. The number of nitrogens with one attached hydrogen (secondary N) is 1. The van der Waals surface area contributed by atoms with Gasteiger partial charge in [-0.3, -0.25) is 0 Å². The summed E-state index contributed by atoms with van der Waals surface area (Å²) in [5, 5.41) is 26.5. The summed E-state index contributed by atoms with van der Waals surface area (Å²) in [5.41, 5.74) is 0. The minimum absolute atomic E-state index is 0.0793. The zero-order valence-corrected chi connectivity index (χ0v) is 6.43. The van der Waals surface area contributed by atoms with Gasteiger partial charge in [0.2, 0.25) is 0 Å². The molecule has 0 aromatic rings. The topological polar surface area (TPSA) is 127 Å². The summed E-state index contributed by atoms with van der Waals surface area (Å²) in [7, 11) is 0. The zero-order chi connectivity index (χ0) is 10.4. The first kappa shape index (κ1) is 11.0. The highest BCUT2D eigenvalue weighted by molar-refractivity contribution is 5.85. The molecule has 0 aliphatic rings. The fraction of sp³-hybridized carbons (Fsp3) is 0.400. The van der Waals surface area contributed by atoms with Crippen LogP contribution in [0.3, 0.4) is 0 Å². The lowest BCUT2D eigenvalue weighted by Gasteiger charge is -2.12. The molecule has 0 aliphatic carbocycles. The van der Waals surface area contributed by atoms with Crippen molar-refractivity contribution in [2.24, 2.45) is 0 Å². The van der Waals surface area contributed by atoms with Crippen LogP contribution in [0, 0.1) is 0 Å². The van der Waals surface area contributed by atoms with E-state index in [9.17, 15) is 14.4 Å². The van der Waals surface area contributed by atoms with Crippen LogP contribution in [-0.4, -0.2) is 51.6 Å². The van der Waals surface area contributed by atoms with E-state index >= 15 is 0 Å². The first-order chi connectivity index (χ1) is 5.95. The summed E-state index contributed by atoms with van der Waals surface area (Å²) in [5.74, 6) is 0. The Kier molecular flexibility index (Phi) is 4.07. The molecule has 0 rings (SSSR count). The number of rotatable bonds is 3. The lowest BCUT2D eigenvalue weighted by molar-refractivity contribution is 0.122. The Morgan fingerprint density at radius 2 is 1.54 bits per heavy atom. The van der Waals surface area contributed by atoms with Gasteiger partial charge in [-0.15, -0.1) is 0 Å². The van der Waals surface area contributed by atoms with Gasteiger partial charge in [-0.25, -0.2) is 19.3 Å². The molecule has 13 heavy (non-hydrogen) atoms. The standard InChI is InChI=1S/C5H8N2O6/c8-3(9)6-1-2-7(4(10)11)5(12)13/h6H,1-2H2,(H,8,9)(H,10,11)(H,12,13). The Morgan fingerprint density at radius 1 is 1.08 bits per heavy atom. The molecule has 8 heteroatoms. The summed E-state index contributed by atoms with van der Waals surface area (Å²) in [6.45, 7) is -0.703. The fourth-order valence-corrected chi connectivity index (χ4v) is 0.548. The molecule has 0 atom stereocenters. The Bertz CT molecular complexity index is 213. The molecule has 8 nitrogen and oxygen atoms in total. The second kappa shape index (κ2) is 4.80. The van der Waals surface area contributed by atoms with Crippen molar-refractivity contribution in [2.75, 3.05) is 13.1 Å². The summed E-state index contributed by atoms with van der Waals surface area (Å²) in [4.78, 5) is 30.3. The Balaban J connectivity index is 3.91. The molecule has 0 saturated heterocycles. The van der Waals surface area contributed by atoms with Crippen LogP contribution in [-0.2, 0) is 0 Å². The van der Waals surface area contributed by atoms with E-state index in [-0.39, 0.29) is 11.4 Å². The Morgan fingerprint density at radius 3 is 1.85 bits per heavy atom. The van der Waals surface area contributed by atoms with E-state index in [1.165, 1.54) is 0 Å². The second-order valence-corrected chi connectivity index (χ2v) is 1.95. The van der Waals surface area contributed by atoms with Crippen LogP contribution in [0.25, 0.3) is 0 Å². The fourth-order valence-electron chi connectivity index (χ4n) is 0.548. The normalized spacial score (nSPS) is 8.92. The van der Waals surface area contributed by atoms with Gasteiger partial charge >= 0.3 is 18.3 Å². The highest BCUT2D eigenvalue weighted by Crippen LogP contribution is 1.88. The van der Waals surface area contributed by atoms with Gasteiger partial charge in [0.05, 0.1) is 6.54 Å². The third-order valence-corrected chi connectivity index (χ3v) is 1.07. The first-order valence-electron chi connectivity index (χ1n) is 3.15. The van der Waals surface area contributed by atoms with Gasteiger partial charge < -0.3 is 20.6 Å². The van der Waals surface area contributed by atoms with Crippen molar-refractivity contribution in [3.05, 3.63) is 0 Å². The molecule has 0 spiro atoms. The molecule has 0 bridgehead atoms. The molecule has 74 valence electrons. The van der Waals surface area contributed by atoms with E-state index in [1.807, 2.05) is 5.32 Å². The Labute approximate surface area is 72.4 Å². The molecule has 0 unspecified atom stereocenters. The lowest BCUT2D eigenvalue weighted by atomic mass is 10.5. The molecule has 0 fully saturated rings. The summed E-state index contributed by atoms with van der Waals surface area (Å²) >= 11 is 0. The monoisotopic (exact) mass is 192 g/mol. The number of carboxylic acid groups (broad SMARTS) is 3. The van der Waals surface area contributed by atoms with Crippen LogP contribution in [0.1, 0.15) is 0 Å². The maximum Gasteiger partial charge on any atom is 0.416 e. The molecule has 0 aromatic heterocycles. The van der Waals surface area contributed by atoms with Crippen LogP contribution in [0.2, 0.25) is 0 Å². The van der Waals surface area contributed by atoms with Crippen molar-refractivity contribution >= 4 is 18.3 Å². The third kappa shape index (κ3) is 4.45. The number of hydrogen-bond donors (Lipinski definition) is 4. The van der Waals surface area contributed by atoms with Gasteiger partial charge in [0.25, 0.3) is 0 Å². The Hall–Kier alpha value is -1.99. The van der Waals surface area contributed by atoms with Crippen LogP contribution in [0.15, 0.2) is 0 Å². The third-order valence-electron chi connectivity index (χ3n) is 1.07. The highest BCUT2D eigenvalue weighted by Gasteiger charge is 2.18. The van der Waals surface area contributed by atoms with Crippen molar-refractivity contribution in [1.29, 1.82) is 0 Å². The predicted molar refractivity (Wildman–Crippen MR) is 38.8 cm³/mol. The molecular formula is C5H8N2O6. The van der Waals surface area contributed by atoms with Crippen molar-refractivity contribution in [3.8, 4) is 0 Å². The maximum atomic E-state index is 10.2. The molecule has 0 aliphatic heterocycles. The van der Waals surface area contributed by atoms with E-state index < -0.39 is 24.8 Å². The first-order valence-corrected chi connectivity index (χ1v) is 3.15. The van der Waals surface area contributed by atoms with Gasteiger partial charge in [-0.1, -0.05) is 0 Å². The maximum absolute atomic E-state index is 10.2. The van der Waals surface area contributed by atoms with Crippen LogP contribution in [0.4, 0.5) is 14.4 Å². The lowest BCUT2D eigenvalue weighted by Crippen LogP contribution is -2.40. The van der Waals surface area contributed by atoms with Gasteiger partial charge in [-0.05, 0) is 0 Å². The summed E-state index contributed by atoms with van der Waals surface area (Å²) in [6, 6.07) is 0. The quantitative estimate of drug-likeness (QED) is 0.494. The minimum atomic E-state index is -1.64. The van der Waals surface area contributed by atoms with E-state index in [1.54, 1.807) is 0 Å². The number of carbonyl (C=O) groups is 3. The average Bonchev–Trinajstić information content (AvgIpc) is 1.95. The van der Waals surface area contributed by atoms with Gasteiger partial charge in [0.15, 0.2) is 0 Å². The van der Waals surface area contributed by atoms with Crippen molar-refractivity contribution < 1.29 is 29.7 Å². The molecule has 4 N–H and O–H groups in total.